The molecule has 26 heavy (non-hydrogen) atoms. The molecule has 1 saturated heterocycles. The predicted molar refractivity (Wildman–Crippen MR) is 102 cm³/mol. The topological polar surface area (TPSA) is 143 Å². The zero-order valence-electron chi connectivity index (χ0n) is 14.3. The minimum atomic E-state index is -3.69. The van der Waals surface area contributed by atoms with Crippen molar-refractivity contribution in [1.82, 2.24) is 9.29 Å². The second kappa shape index (κ2) is 6.99. The molecule has 5 N–H and O–H groups in total. The summed E-state index contributed by atoms with van der Waals surface area (Å²) in [6.07, 6.45) is 1.64. The highest BCUT2D eigenvalue weighted by atomic mass is 32.2. The lowest BCUT2D eigenvalue weighted by atomic mass is 10.1. The van der Waals surface area contributed by atoms with E-state index in [4.69, 9.17) is 10.9 Å². The van der Waals surface area contributed by atoms with Gasteiger partial charge in [0.2, 0.25) is 0 Å². The number of nitrogen functional groups attached to an aromatic ring is 1. The highest BCUT2D eigenvalue weighted by molar-refractivity contribution is 7.86. The van der Waals surface area contributed by atoms with Gasteiger partial charge in [0.15, 0.2) is 0 Å². The third-order valence-electron chi connectivity index (χ3n) is 4.40. The van der Waals surface area contributed by atoms with Crippen LogP contribution in [0.1, 0.15) is 28.6 Å². The first-order chi connectivity index (χ1) is 12.2. The Morgan fingerprint density at radius 2 is 2.00 bits per heavy atom. The van der Waals surface area contributed by atoms with Crippen molar-refractivity contribution >= 4 is 49.2 Å². The van der Waals surface area contributed by atoms with E-state index in [9.17, 15) is 18.3 Å². The van der Waals surface area contributed by atoms with Crippen molar-refractivity contribution in [2.24, 2.45) is 5.14 Å². The smallest absolute Gasteiger partial charge is 0.348 e. The molecule has 9 nitrogen and oxygen atoms in total. The molecule has 142 valence electrons. The van der Waals surface area contributed by atoms with Gasteiger partial charge in [-0.25, -0.2) is 14.9 Å². The molecule has 3 heterocycles. The number of fused-ring (bicyclic) bond motifs is 1. The van der Waals surface area contributed by atoms with Gasteiger partial charge in [0.1, 0.15) is 15.5 Å². The van der Waals surface area contributed by atoms with Gasteiger partial charge in [-0.2, -0.15) is 12.7 Å². The maximum absolute atomic E-state index is 11.4. The Hall–Kier alpha value is -1.95. The van der Waals surface area contributed by atoms with Crippen molar-refractivity contribution in [3.8, 4) is 0 Å². The van der Waals surface area contributed by atoms with Gasteiger partial charge in [0, 0.05) is 31.6 Å². The average molecular weight is 399 g/mol. The third-order valence-corrected chi connectivity index (χ3v) is 6.58. The summed E-state index contributed by atoms with van der Waals surface area (Å²) in [6.45, 7) is 3.54. The molecule has 11 heteroatoms. The van der Waals surface area contributed by atoms with Crippen LogP contribution in [0.4, 0.5) is 11.5 Å². The quantitative estimate of drug-likeness (QED) is 0.676. The van der Waals surface area contributed by atoms with E-state index >= 15 is 0 Å². The van der Waals surface area contributed by atoms with Crippen LogP contribution in [-0.2, 0) is 16.6 Å². The number of aromatic nitrogens is 1. The van der Waals surface area contributed by atoms with Gasteiger partial charge in [-0.1, -0.05) is 13.3 Å². The average Bonchev–Trinajstić information content (AvgIpc) is 2.92. The summed E-state index contributed by atoms with van der Waals surface area (Å²) in [5, 5.41) is 15.2. The molecule has 0 amide bonds. The van der Waals surface area contributed by atoms with Crippen molar-refractivity contribution in [2.45, 2.75) is 19.8 Å². The maximum Gasteiger partial charge on any atom is 0.348 e. The van der Waals surface area contributed by atoms with E-state index in [-0.39, 0.29) is 23.7 Å². The van der Waals surface area contributed by atoms with Crippen LogP contribution in [-0.4, -0.2) is 55.0 Å². The molecule has 2 aromatic heterocycles. The van der Waals surface area contributed by atoms with Gasteiger partial charge < -0.3 is 15.7 Å². The number of aryl methyl sites for hydroxylation is 1. The number of piperazine rings is 1. The summed E-state index contributed by atoms with van der Waals surface area (Å²) in [5.41, 5.74) is 7.28. The van der Waals surface area contributed by atoms with Crippen molar-refractivity contribution in [2.75, 3.05) is 36.8 Å². The fourth-order valence-corrected chi connectivity index (χ4v) is 4.79. The third kappa shape index (κ3) is 3.47. The van der Waals surface area contributed by atoms with Gasteiger partial charge in [-0.15, -0.1) is 11.3 Å². The van der Waals surface area contributed by atoms with Crippen LogP contribution in [0.2, 0.25) is 0 Å². The first-order valence-electron chi connectivity index (χ1n) is 8.20. The van der Waals surface area contributed by atoms with Crippen LogP contribution < -0.4 is 15.8 Å². The summed E-state index contributed by atoms with van der Waals surface area (Å²) in [4.78, 5) is 18.7. The van der Waals surface area contributed by atoms with Gasteiger partial charge in [-0.05, 0) is 18.1 Å². The molecular formula is C15H21N5O4S2. The van der Waals surface area contributed by atoms with Crippen molar-refractivity contribution in [3.05, 3.63) is 16.5 Å². The standard InChI is InChI=1S/C15H21N5O4S2/c1-2-3-9-8-10(19-4-6-20(7-5-19)26(17,23)24)18-14-11(9)12(16)13(25-14)15(21)22/h8H,2-7,16H2,1H3,(H,21,22)(H2,17,23,24). The maximum atomic E-state index is 11.4. The molecule has 3 rings (SSSR count). The minimum Gasteiger partial charge on any atom is -0.477 e. The van der Waals surface area contributed by atoms with Gasteiger partial charge >= 0.3 is 5.97 Å². The van der Waals surface area contributed by atoms with Gasteiger partial charge in [0.25, 0.3) is 10.2 Å². The predicted octanol–water partition coefficient (Wildman–Crippen LogP) is 0.855. The molecule has 2 aromatic rings. The van der Waals surface area contributed by atoms with Crippen LogP contribution in [0.3, 0.4) is 0 Å². The lowest BCUT2D eigenvalue weighted by Crippen LogP contribution is -2.50. The monoisotopic (exact) mass is 399 g/mol. The zero-order chi connectivity index (χ0) is 19.1. The SMILES string of the molecule is CCCc1cc(N2CCN(S(N)(=O)=O)CC2)nc2sc(C(=O)O)c(N)c12. The van der Waals surface area contributed by atoms with Crippen LogP contribution in [0.5, 0.6) is 0 Å². The number of nitrogens with zero attached hydrogens (tertiary/aromatic N) is 3. The van der Waals surface area contributed by atoms with E-state index in [1.807, 2.05) is 17.9 Å². The molecule has 1 aliphatic rings. The number of carboxylic acid groups (broad SMARTS) is 1. The molecule has 0 radical (unpaired) electrons. The summed E-state index contributed by atoms with van der Waals surface area (Å²) >= 11 is 1.07. The fraction of sp³-hybridized carbons (Fsp3) is 0.467. The van der Waals surface area contributed by atoms with Gasteiger partial charge in [0.05, 0.1) is 5.69 Å². The van der Waals surface area contributed by atoms with Crippen LogP contribution >= 0.6 is 11.3 Å². The number of aromatic carboxylic acids is 1. The number of carboxylic acids is 1. The molecule has 0 aliphatic carbocycles. The lowest BCUT2D eigenvalue weighted by molar-refractivity contribution is 0.0703. The number of anilines is 2. The number of carbonyl (C=O) groups is 1. The molecular weight excluding hydrogens is 378 g/mol. The van der Waals surface area contributed by atoms with E-state index < -0.39 is 16.2 Å². The summed E-state index contributed by atoms with van der Waals surface area (Å²) < 4.78 is 24.1. The molecule has 1 aliphatic heterocycles. The molecule has 0 saturated carbocycles. The van der Waals surface area contributed by atoms with E-state index in [1.54, 1.807) is 0 Å². The largest absolute Gasteiger partial charge is 0.477 e. The van der Waals surface area contributed by atoms with E-state index in [1.165, 1.54) is 4.31 Å². The Morgan fingerprint density at radius 1 is 1.35 bits per heavy atom. The Balaban J connectivity index is 1.98. The van der Waals surface area contributed by atoms with Crippen LogP contribution in [0, 0.1) is 0 Å². The second-order valence-corrected chi connectivity index (χ2v) is 8.70. The normalized spacial score (nSPS) is 16.3. The molecule has 0 spiro atoms. The van der Waals surface area contributed by atoms with Crippen molar-refractivity contribution < 1.29 is 18.3 Å². The summed E-state index contributed by atoms with van der Waals surface area (Å²) in [6, 6.07) is 1.92. The lowest BCUT2D eigenvalue weighted by Gasteiger charge is -2.33. The Kier molecular flexibility index (Phi) is 5.06. The highest BCUT2D eigenvalue weighted by Gasteiger charge is 2.26. The van der Waals surface area contributed by atoms with E-state index in [0.717, 1.165) is 29.7 Å². The molecule has 1 fully saturated rings. The molecule has 0 aromatic carbocycles. The second-order valence-electron chi connectivity index (χ2n) is 6.15. The molecule has 0 unspecified atom stereocenters. The number of thiophene rings is 1. The van der Waals surface area contributed by atoms with Crippen molar-refractivity contribution in [1.29, 1.82) is 0 Å². The zero-order valence-corrected chi connectivity index (χ0v) is 15.9. The number of hydrogen-bond acceptors (Lipinski definition) is 7. The van der Waals surface area contributed by atoms with E-state index in [0.29, 0.717) is 29.1 Å². The summed E-state index contributed by atoms with van der Waals surface area (Å²) in [5.74, 6) is -0.357. The number of hydrogen-bond donors (Lipinski definition) is 3. The Bertz CT molecular complexity index is 949. The highest BCUT2D eigenvalue weighted by Crippen LogP contribution is 2.37. The number of pyridine rings is 1. The Labute approximate surface area is 155 Å². The minimum absolute atomic E-state index is 0.0982. The molecule has 0 bridgehead atoms. The van der Waals surface area contributed by atoms with Crippen LogP contribution in [0.15, 0.2) is 6.07 Å². The van der Waals surface area contributed by atoms with E-state index in [2.05, 4.69) is 4.98 Å². The fourth-order valence-electron chi connectivity index (χ4n) is 3.14. The first-order valence-corrected chi connectivity index (χ1v) is 10.5. The first kappa shape index (κ1) is 18.8. The van der Waals surface area contributed by atoms with Crippen LogP contribution in [0.25, 0.3) is 10.2 Å². The van der Waals surface area contributed by atoms with Gasteiger partial charge in [-0.3, -0.25) is 0 Å². The summed E-state index contributed by atoms with van der Waals surface area (Å²) in [7, 11) is -3.69. The number of rotatable bonds is 5. The molecule has 0 atom stereocenters. The Morgan fingerprint density at radius 3 is 2.54 bits per heavy atom. The number of nitrogens with two attached hydrogens (primary N) is 2. The van der Waals surface area contributed by atoms with Crippen molar-refractivity contribution in [3.63, 3.8) is 0 Å².